The van der Waals surface area contributed by atoms with Gasteiger partial charge in [0.15, 0.2) is 11.9 Å². The molecule has 3 aromatic rings. The topological polar surface area (TPSA) is 26.3 Å². The minimum atomic E-state index is -0.374. The summed E-state index contributed by atoms with van der Waals surface area (Å²) in [6.07, 6.45) is 7.01. The van der Waals surface area contributed by atoms with Crippen molar-refractivity contribution in [1.82, 2.24) is 0 Å². The first-order chi connectivity index (χ1) is 14.7. The predicted octanol–water partition coefficient (Wildman–Crippen LogP) is 6.58. The number of carbonyl (C=O) groups is 1. The molecule has 30 heavy (non-hydrogen) atoms. The van der Waals surface area contributed by atoms with Crippen molar-refractivity contribution in [3.8, 4) is 5.75 Å². The lowest BCUT2D eigenvalue weighted by Crippen LogP contribution is -2.54. The van der Waals surface area contributed by atoms with Gasteiger partial charge < -0.3 is 4.74 Å². The highest BCUT2D eigenvalue weighted by atomic mass is 32.1. The summed E-state index contributed by atoms with van der Waals surface area (Å²) in [4.78, 5) is 15.5. The number of hydrogen-bond donors (Lipinski definition) is 0. The van der Waals surface area contributed by atoms with E-state index < -0.39 is 0 Å². The van der Waals surface area contributed by atoms with E-state index in [2.05, 4.69) is 53.9 Å². The average molecular weight is 415 g/mol. The third kappa shape index (κ3) is 2.39. The number of benzene rings is 2. The molecule has 0 amide bonds. The highest BCUT2D eigenvalue weighted by molar-refractivity contribution is 7.10. The van der Waals surface area contributed by atoms with Crippen LogP contribution in [0.3, 0.4) is 0 Å². The molecule has 1 aromatic heterocycles. The average Bonchev–Trinajstić information content (AvgIpc) is 3.39. The van der Waals surface area contributed by atoms with E-state index in [4.69, 9.17) is 4.74 Å². The lowest BCUT2D eigenvalue weighted by Gasteiger charge is -2.56. The normalized spacial score (nSPS) is 36.1. The van der Waals surface area contributed by atoms with Gasteiger partial charge in [-0.2, -0.15) is 0 Å². The Bertz CT molecular complexity index is 1110. The van der Waals surface area contributed by atoms with Gasteiger partial charge in [-0.25, -0.2) is 0 Å². The SMILES string of the molecule is O=C([C@@H]1Oc2ccc3ccccc3c2[C@H]1c1cccs1)C12CC3CC(CC(C3)C1)C2. The fourth-order valence-electron chi connectivity index (χ4n) is 7.73. The van der Waals surface area contributed by atoms with Gasteiger partial charge in [0.2, 0.25) is 0 Å². The van der Waals surface area contributed by atoms with Crippen LogP contribution in [0.1, 0.15) is 54.9 Å². The number of thiophene rings is 1. The Kier molecular flexibility index (Phi) is 3.62. The number of fused-ring (bicyclic) bond motifs is 3. The zero-order chi connectivity index (χ0) is 19.9. The first kappa shape index (κ1) is 17.5. The second kappa shape index (κ2) is 6.20. The summed E-state index contributed by atoms with van der Waals surface area (Å²) in [5, 5.41) is 4.59. The molecule has 152 valence electrons. The van der Waals surface area contributed by atoms with Crippen LogP contribution in [0.25, 0.3) is 10.8 Å². The van der Waals surface area contributed by atoms with Crippen LogP contribution in [-0.2, 0) is 4.79 Å². The van der Waals surface area contributed by atoms with Crippen LogP contribution >= 0.6 is 11.3 Å². The third-order valence-electron chi connectivity index (χ3n) is 8.47. The maximum absolute atomic E-state index is 14.3. The van der Waals surface area contributed by atoms with Gasteiger partial charge in [0.05, 0.1) is 5.92 Å². The molecule has 0 N–H and O–H groups in total. The van der Waals surface area contributed by atoms with Gasteiger partial charge >= 0.3 is 0 Å². The predicted molar refractivity (Wildman–Crippen MR) is 120 cm³/mol. The minimum Gasteiger partial charge on any atom is -0.481 e. The summed E-state index contributed by atoms with van der Waals surface area (Å²) in [6, 6.07) is 17.1. The van der Waals surface area contributed by atoms with E-state index in [9.17, 15) is 4.79 Å². The van der Waals surface area contributed by atoms with E-state index in [0.717, 1.165) is 42.8 Å². The first-order valence-electron chi connectivity index (χ1n) is 11.5. The van der Waals surface area contributed by atoms with Crippen LogP contribution in [0.5, 0.6) is 5.75 Å². The fraction of sp³-hybridized carbons (Fsp3) is 0.444. The summed E-state index contributed by atoms with van der Waals surface area (Å²) in [6.45, 7) is 0. The van der Waals surface area contributed by atoms with Crippen molar-refractivity contribution in [1.29, 1.82) is 0 Å². The molecule has 0 unspecified atom stereocenters. The molecule has 0 spiro atoms. The third-order valence-corrected chi connectivity index (χ3v) is 9.42. The van der Waals surface area contributed by atoms with E-state index >= 15 is 0 Å². The van der Waals surface area contributed by atoms with Crippen molar-refractivity contribution in [3.05, 3.63) is 64.4 Å². The van der Waals surface area contributed by atoms with Gasteiger partial charge in [-0.1, -0.05) is 36.4 Å². The van der Waals surface area contributed by atoms with Crippen molar-refractivity contribution in [3.63, 3.8) is 0 Å². The largest absolute Gasteiger partial charge is 0.481 e. The minimum absolute atomic E-state index is 0.0200. The Morgan fingerprint density at radius 2 is 1.63 bits per heavy atom. The molecule has 2 atom stereocenters. The summed E-state index contributed by atoms with van der Waals surface area (Å²) in [5.41, 5.74) is 1.09. The number of ketones is 1. The van der Waals surface area contributed by atoms with Crippen LogP contribution in [0.2, 0.25) is 0 Å². The maximum atomic E-state index is 14.3. The molecule has 2 nitrogen and oxygen atoms in total. The summed E-state index contributed by atoms with van der Waals surface area (Å²) >= 11 is 1.76. The van der Waals surface area contributed by atoms with Crippen LogP contribution in [0.15, 0.2) is 53.9 Å². The monoisotopic (exact) mass is 414 g/mol. The standard InChI is InChI=1S/C27H26O2S/c28-26(27-13-16-10-17(14-27)12-18(11-16)15-27)25-24(22-6-3-9-30-22)23-20-5-2-1-4-19(20)7-8-21(23)29-25/h1-9,16-18,24-25H,10-15H2/t16?,17?,18?,24-,25-,27?/m1/s1. The van der Waals surface area contributed by atoms with E-state index in [0.29, 0.717) is 5.78 Å². The molecule has 0 saturated heterocycles. The summed E-state index contributed by atoms with van der Waals surface area (Å²) in [7, 11) is 0. The van der Waals surface area contributed by atoms with Crippen molar-refractivity contribution in [2.45, 2.75) is 50.5 Å². The second-order valence-electron chi connectivity index (χ2n) is 10.3. The molecule has 0 radical (unpaired) electrons. The second-order valence-corrected chi connectivity index (χ2v) is 11.3. The van der Waals surface area contributed by atoms with Gasteiger partial charge in [0.25, 0.3) is 0 Å². The molecule has 3 heteroatoms. The van der Waals surface area contributed by atoms with Gasteiger partial charge in [-0.15, -0.1) is 11.3 Å². The van der Waals surface area contributed by atoms with Crippen LogP contribution in [-0.4, -0.2) is 11.9 Å². The molecule has 2 heterocycles. The number of ether oxygens (including phenoxy) is 1. The smallest absolute Gasteiger partial charge is 0.180 e. The lowest BCUT2D eigenvalue weighted by molar-refractivity contribution is -0.151. The Balaban J connectivity index is 1.36. The van der Waals surface area contributed by atoms with Crippen molar-refractivity contribution >= 4 is 27.9 Å². The molecular weight excluding hydrogens is 388 g/mol. The highest BCUT2D eigenvalue weighted by Gasteiger charge is 2.58. The number of hydrogen-bond acceptors (Lipinski definition) is 3. The molecule has 4 saturated carbocycles. The molecule has 4 fully saturated rings. The summed E-state index contributed by atoms with van der Waals surface area (Å²) < 4.78 is 6.56. The Morgan fingerprint density at radius 1 is 0.900 bits per heavy atom. The molecule has 4 bridgehead atoms. The van der Waals surface area contributed by atoms with Gasteiger partial charge in [-0.3, -0.25) is 4.79 Å². The zero-order valence-corrected chi connectivity index (χ0v) is 17.9. The van der Waals surface area contributed by atoms with E-state index in [1.54, 1.807) is 11.3 Å². The number of Topliss-reactive ketones (excluding diaryl/α,β-unsaturated/α-hetero) is 1. The lowest BCUT2D eigenvalue weighted by atomic mass is 9.48. The molecule has 1 aliphatic heterocycles. The van der Waals surface area contributed by atoms with E-state index in [-0.39, 0.29) is 17.4 Å². The van der Waals surface area contributed by atoms with Gasteiger partial charge in [0, 0.05) is 15.9 Å². The number of rotatable bonds is 3. The van der Waals surface area contributed by atoms with E-state index in [1.165, 1.54) is 40.5 Å². The van der Waals surface area contributed by atoms with Crippen LogP contribution < -0.4 is 4.74 Å². The number of carbonyl (C=O) groups excluding carboxylic acids is 1. The van der Waals surface area contributed by atoms with Crippen molar-refractivity contribution < 1.29 is 9.53 Å². The maximum Gasteiger partial charge on any atom is 0.180 e. The van der Waals surface area contributed by atoms with Crippen LogP contribution in [0, 0.1) is 23.2 Å². The molecule has 5 aliphatic rings. The summed E-state index contributed by atoms with van der Waals surface area (Å²) in [5.74, 6) is 3.64. The molecule has 8 rings (SSSR count). The van der Waals surface area contributed by atoms with Gasteiger partial charge in [-0.05, 0) is 84.6 Å². The Labute approximate surface area is 181 Å². The highest BCUT2D eigenvalue weighted by Crippen LogP contribution is 2.62. The molecule has 4 aliphatic carbocycles. The Hall–Kier alpha value is -2.13. The first-order valence-corrected chi connectivity index (χ1v) is 12.3. The quantitative estimate of drug-likeness (QED) is 0.484. The van der Waals surface area contributed by atoms with Gasteiger partial charge in [0.1, 0.15) is 5.75 Å². The zero-order valence-electron chi connectivity index (χ0n) is 17.1. The van der Waals surface area contributed by atoms with Crippen molar-refractivity contribution in [2.24, 2.45) is 23.2 Å². The van der Waals surface area contributed by atoms with E-state index in [1.807, 2.05) is 0 Å². The molecular formula is C27H26O2S. The van der Waals surface area contributed by atoms with Crippen molar-refractivity contribution in [2.75, 3.05) is 0 Å². The van der Waals surface area contributed by atoms with Crippen LogP contribution in [0.4, 0.5) is 0 Å². The fourth-order valence-corrected chi connectivity index (χ4v) is 8.59. The Morgan fingerprint density at radius 3 is 2.33 bits per heavy atom. The molecule has 2 aromatic carbocycles.